The smallest absolute Gasteiger partial charge is 0.274 e. The van der Waals surface area contributed by atoms with Gasteiger partial charge < -0.3 is 4.42 Å². The standard InChI is InChI=1S/C15H14N6O2/c1-10(17-18-15(22)14-7-8-23-11(14)2)12-3-5-13(6-4-12)21-9-16-19-20-21/h3-9H,1-2H3,(H,18,22)/b17-10+. The van der Waals surface area contributed by atoms with E-state index in [2.05, 4.69) is 26.1 Å². The van der Waals surface area contributed by atoms with E-state index in [4.69, 9.17) is 4.42 Å². The molecule has 1 aromatic carbocycles. The van der Waals surface area contributed by atoms with Crippen LogP contribution in [-0.2, 0) is 0 Å². The maximum Gasteiger partial charge on any atom is 0.274 e. The maximum atomic E-state index is 12.0. The van der Waals surface area contributed by atoms with E-state index >= 15 is 0 Å². The Balaban J connectivity index is 1.71. The SMILES string of the molecule is C/C(=N\NC(=O)c1ccoc1C)c1ccc(-n2cnnn2)cc1. The van der Waals surface area contributed by atoms with Gasteiger partial charge in [-0.15, -0.1) is 5.10 Å². The number of aryl methyl sites for hydroxylation is 1. The lowest BCUT2D eigenvalue weighted by Gasteiger charge is -2.04. The minimum atomic E-state index is -0.305. The van der Waals surface area contributed by atoms with Crippen LogP contribution in [0.25, 0.3) is 5.69 Å². The van der Waals surface area contributed by atoms with Crippen LogP contribution in [0.5, 0.6) is 0 Å². The summed E-state index contributed by atoms with van der Waals surface area (Å²) in [4.78, 5) is 12.0. The second-order valence-corrected chi connectivity index (χ2v) is 4.83. The zero-order chi connectivity index (χ0) is 16.2. The van der Waals surface area contributed by atoms with Gasteiger partial charge in [-0.05, 0) is 48.0 Å². The third kappa shape index (κ3) is 3.15. The van der Waals surface area contributed by atoms with Gasteiger partial charge in [-0.1, -0.05) is 12.1 Å². The number of amides is 1. The highest BCUT2D eigenvalue weighted by Crippen LogP contribution is 2.10. The Morgan fingerprint density at radius 1 is 1.26 bits per heavy atom. The van der Waals surface area contributed by atoms with Gasteiger partial charge in [0.05, 0.1) is 23.2 Å². The van der Waals surface area contributed by atoms with Crippen molar-refractivity contribution in [3.05, 3.63) is 59.8 Å². The van der Waals surface area contributed by atoms with E-state index in [0.29, 0.717) is 17.0 Å². The number of rotatable bonds is 4. The van der Waals surface area contributed by atoms with Crippen molar-refractivity contribution in [1.82, 2.24) is 25.6 Å². The molecule has 0 spiro atoms. The summed E-state index contributed by atoms with van der Waals surface area (Å²) in [6.45, 7) is 3.54. The van der Waals surface area contributed by atoms with Crippen LogP contribution in [0.4, 0.5) is 0 Å². The van der Waals surface area contributed by atoms with Gasteiger partial charge in [0.2, 0.25) is 0 Å². The Morgan fingerprint density at radius 3 is 2.65 bits per heavy atom. The molecule has 23 heavy (non-hydrogen) atoms. The molecule has 0 fully saturated rings. The molecule has 0 radical (unpaired) electrons. The third-order valence-electron chi connectivity index (χ3n) is 3.33. The number of nitrogens with one attached hydrogen (secondary N) is 1. The Hall–Kier alpha value is -3.29. The van der Waals surface area contributed by atoms with Crippen molar-refractivity contribution in [1.29, 1.82) is 0 Å². The third-order valence-corrected chi connectivity index (χ3v) is 3.33. The summed E-state index contributed by atoms with van der Waals surface area (Å²) in [6, 6.07) is 9.10. The zero-order valence-electron chi connectivity index (χ0n) is 12.6. The van der Waals surface area contributed by atoms with E-state index in [-0.39, 0.29) is 5.91 Å². The monoisotopic (exact) mass is 310 g/mol. The number of hydrogen-bond acceptors (Lipinski definition) is 6. The summed E-state index contributed by atoms with van der Waals surface area (Å²) in [5.74, 6) is 0.252. The number of aromatic nitrogens is 4. The Labute approximate surface area is 131 Å². The molecular weight excluding hydrogens is 296 g/mol. The zero-order valence-corrected chi connectivity index (χ0v) is 12.6. The minimum Gasteiger partial charge on any atom is -0.469 e. The fraction of sp³-hybridized carbons (Fsp3) is 0.133. The van der Waals surface area contributed by atoms with Gasteiger partial charge in [-0.2, -0.15) is 5.10 Å². The fourth-order valence-corrected chi connectivity index (χ4v) is 2.01. The second kappa shape index (κ2) is 6.22. The number of carbonyl (C=O) groups excluding carboxylic acids is 1. The first-order chi connectivity index (χ1) is 11.1. The van der Waals surface area contributed by atoms with Gasteiger partial charge >= 0.3 is 0 Å². The molecule has 0 saturated heterocycles. The first kappa shape index (κ1) is 14.6. The number of furan rings is 1. The van der Waals surface area contributed by atoms with Crippen LogP contribution in [0.3, 0.4) is 0 Å². The molecule has 0 aliphatic rings. The Morgan fingerprint density at radius 2 is 2.04 bits per heavy atom. The molecular formula is C15H14N6O2. The number of carbonyl (C=O) groups is 1. The summed E-state index contributed by atoms with van der Waals surface area (Å²) >= 11 is 0. The van der Waals surface area contributed by atoms with Crippen LogP contribution in [0.15, 0.2) is 52.4 Å². The van der Waals surface area contributed by atoms with Gasteiger partial charge in [0.25, 0.3) is 5.91 Å². The second-order valence-electron chi connectivity index (χ2n) is 4.83. The summed E-state index contributed by atoms with van der Waals surface area (Å²) < 4.78 is 6.65. The lowest BCUT2D eigenvalue weighted by Crippen LogP contribution is -2.19. The number of hydrazone groups is 1. The largest absolute Gasteiger partial charge is 0.469 e. The van der Waals surface area contributed by atoms with Gasteiger partial charge in [0, 0.05) is 0 Å². The van der Waals surface area contributed by atoms with E-state index in [1.807, 2.05) is 31.2 Å². The van der Waals surface area contributed by atoms with Crippen molar-refractivity contribution in [3.8, 4) is 5.69 Å². The molecule has 3 aromatic rings. The van der Waals surface area contributed by atoms with Crippen molar-refractivity contribution in [2.24, 2.45) is 5.10 Å². The highest BCUT2D eigenvalue weighted by atomic mass is 16.3. The summed E-state index contributed by atoms with van der Waals surface area (Å²) in [7, 11) is 0. The number of hydrogen-bond donors (Lipinski definition) is 1. The van der Waals surface area contributed by atoms with Crippen LogP contribution in [0.1, 0.15) is 28.6 Å². The maximum absolute atomic E-state index is 12.0. The highest BCUT2D eigenvalue weighted by molar-refractivity contribution is 6.01. The van der Waals surface area contributed by atoms with Crippen LogP contribution in [0.2, 0.25) is 0 Å². The first-order valence-electron chi connectivity index (χ1n) is 6.87. The van der Waals surface area contributed by atoms with Crippen molar-refractivity contribution in [3.63, 3.8) is 0 Å². The van der Waals surface area contributed by atoms with Crippen LogP contribution < -0.4 is 5.43 Å². The average Bonchev–Trinajstić information content (AvgIpc) is 3.24. The molecule has 0 aliphatic carbocycles. The van der Waals surface area contributed by atoms with Gasteiger partial charge in [0.15, 0.2) is 0 Å². The van der Waals surface area contributed by atoms with Crippen LogP contribution >= 0.6 is 0 Å². The Kier molecular flexibility index (Phi) is 3.96. The van der Waals surface area contributed by atoms with E-state index in [1.54, 1.807) is 17.7 Å². The van der Waals surface area contributed by atoms with Crippen molar-refractivity contribution >= 4 is 11.6 Å². The predicted octanol–water partition coefficient (Wildman–Crippen LogP) is 1.72. The van der Waals surface area contributed by atoms with Gasteiger partial charge in [0.1, 0.15) is 12.1 Å². The van der Waals surface area contributed by atoms with Crippen LogP contribution in [0, 0.1) is 6.92 Å². The predicted molar refractivity (Wildman–Crippen MR) is 82.3 cm³/mol. The molecule has 116 valence electrons. The topological polar surface area (TPSA) is 98.2 Å². The van der Waals surface area contributed by atoms with Crippen molar-refractivity contribution in [2.75, 3.05) is 0 Å². The van der Waals surface area contributed by atoms with Crippen molar-refractivity contribution < 1.29 is 9.21 Å². The molecule has 2 aromatic heterocycles. The van der Waals surface area contributed by atoms with Gasteiger partial charge in [-0.25, -0.2) is 10.1 Å². The first-order valence-corrected chi connectivity index (χ1v) is 6.87. The average molecular weight is 310 g/mol. The number of tetrazole rings is 1. The fourth-order valence-electron chi connectivity index (χ4n) is 2.01. The number of benzene rings is 1. The molecule has 0 bridgehead atoms. The molecule has 2 heterocycles. The molecule has 0 unspecified atom stereocenters. The lowest BCUT2D eigenvalue weighted by molar-refractivity contribution is 0.0953. The highest BCUT2D eigenvalue weighted by Gasteiger charge is 2.10. The summed E-state index contributed by atoms with van der Waals surface area (Å²) in [5, 5.41) is 15.1. The van der Waals surface area contributed by atoms with E-state index < -0.39 is 0 Å². The molecule has 0 saturated carbocycles. The molecule has 8 nitrogen and oxygen atoms in total. The lowest BCUT2D eigenvalue weighted by atomic mass is 10.1. The molecule has 1 amide bonds. The number of nitrogens with zero attached hydrogens (tertiary/aromatic N) is 5. The molecule has 1 N–H and O–H groups in total. The quantitative estimate of drug-likeness (QED) is 0.584. The minimum absolute atomic E-state index is 0.305. The van der Waals surface area contributed by atoms with Crippen LogP contribution in [-0.4, -0.2) is 31.8 Å². The van der Waals surface area contributed by atoms with E-state index in [0.717, 1.165) is 11.3 Å². The normalized spacial score (nSPS) is 11.5. The molecule has 8 heteroatoms. The van der Waals surface area contributed by atoms with Crippen molar-refractivity contribution in [2.45, 2.75) is 13.8 Å². The van der Waals surface area contributed by atoms with E-state index in [1.165, 1.54) is 12.6 Å². The summed E-state index contributed by atoms with van der Waals surface area (Å²) in [5.41, 5.74) is 5.39. The van der Waals surface area contributed by atoms with E-state index in [9.17, 15) is 4.79 Å². The van der Waals surface area contributed by atoms with Gasteiger partial charge in [-0.3, -0.25) is 4.79 Å². The molecule has 3 rings (SSSR count). The molecule has 0 aliphatic heterocycles. The molecule has 0 atom stereocenters. The Bertz CT molecular complexity index is 833. The summed E-state index contributed by atoms with van der Waals surface area (Å²) in [6.07, 6.45) is 2.99.